The zero-order valence-electron chi connectivity index (χ0n) is 14.0. The molecule has 1 heterocycles. The van der Waals surface area contributed by atoms with Crippen molar-refractivity contribution >= 4 is 38.4 Å². The molecular weight excluding hydrogens is 388 g/mol. The van der Waals surface area contributed by atoms with E-state index in [2.05, 4.69) is 48.6 Å². The predicted octanol–water partition coefficient (Wildman–Crippen LogP) is 5.38. The Labute approximate surface area is 160 Å². The molecule has 0 aliphatic carbocycles. The van der Waals surface area contributed by atoms with Gasteiger partial charge in [0.1, 0.15) is 5.82 Å². The van der Waals surface area contributed by atoms with Crippen LogP contribution in [0.3, 0.4) is 0 Å². The number of hydrogen-bond acceptors (Lipinski definition) is 3. The molecule has 4 nitrogen and oxygen atoms in total. The molecule has 0 aliphatic rings. The van der Waals surface area contributed by atoms with E-state index >= 15 is 0 Å². The Balaban J connectivity index is 1.66. The SMILES string of the molecule is Brc1ccc(/C(Cc2nc3ccccc3[nH]2)=N\Nc2ccccc2)cc1. The average molecular weight is 405 g/mol. The maximum absolute atomic E-state index is 4.68. The van der Waals surface area contributed by atoms with Gasteiger partial charge in [-0.15, -0.1) is 0 Å². The summed E-state index contributed by atoms with van der Waals surface area (Å²) < 4.78 is 1.04. The fourth-order valence-corrected chi connectivity index (χ4v) is 3.01. The van der Waals surface area contributed by atoms with Crippen LogP contribution in [0.5, 0.6) is 0 Å². The molecule has 0 saturated heterocycles. The monoisotopic (exact) mass is 404 g/mol. The Hall–Kier alpha value is -2.92. The third kappa shape index (κ3) is 3.83. The van der Waals surface area contributed by atoms with Crippen molar-refractivity contribution in [1.82, 2.24) is 9.97 Å². The third-order valence-corrected chi connectivity index (χ3v) is 4.57. The second-order valence-electron chi connectivity index (χ2n) is 5.92. The number of aromatic nitrogens is 2. The van der Waals surface area contributed by atoms with Crippen molar-refractivity contribution in [2.75, 3.05) is 5.43 Å². The largest absolute Gasteiger partial charge is 0.342 e. The summed E-state index contributed by atoms with van der Waals surface area (Å²) in [6.45, 7) is 0. The average Bonchev–Trinajstić information content (AvgIpc) is 3.09. The Bertz CT molecular complexity index is 1000. The molecule has 26 heavy (non-hydrogen) atoms. The molecule has 0 spiro atoms. The van der Waals surface area contributed by atoms with Gasteiger partial charge in [0.25, 0.3) is 0 Å². The number of benzene rings is 3. The van der Waals surface area contributed by atoms with Crippen LogP contribution in [0.2, 0.25) is 0 Å². The minimum atomic E-state index is 0.607. The number of rotatable bonds is 5. The fraction of sp³-hybridized carbons (Fsp3) is 0.0476. The molecule has 0 unspecified atom stereocenters. The van der Waals surface area contributed by atoms with E-state index in [-0.39, 0.29) is 0 Å². The number of hydrogen-bond donors (Lipinski definition) is 2. The van der Waals surface area contributed by atoms with Crippen LogP contribution >= 0.6 is 15.9 Å². The molecule has 0 fully saturated rings. The van der Waals surface area contributed by atoms with Crippen molar-refractivity contribution < 1.29 is 0 Å². The van der Waals surface area contributed by atoms with Crippen molar-refractivity contribution in [2.24, 2.45) is 5.10 Å². The van der Waals surface area contributed by atoms with E-state index in [9.17, 15) is 0 Å². The summed E-state index contributed by atoms with van der Waals surface area (Å²) in [6, 6.07) is 26.1. The van der Waals surface area contributed by atoms with E-state index < -0.39 is 0 Å². The van der Waals surface area contributed by atoms with Crippen LogP contribution in [0, 0.1) is 0 Å². The van der Waals surface area contributed by atoms with Gasteiger partial charge in [-0.1, -0.05) is 58.4 Å². The van der Waals surface area contributed by atoms with Gasteiger partial charge < -0.3 is 4.98 Å². The molecule has 5 heteroatoms. The van der Waals surface area contributed by atoms with E-state index in [1.807, 2.05) is 66.7 Å². The summed E-state index contributed by atoms with van der Waals surface area (Å²) in [5, 5.41) is 4.65. The van der Waals surface area contributed by atoms with Crippen LogP contribution in [0.25, 0.3) is 11.0 Å². The van der Waals surface area contributed by atoms with Crippen molar-refractivity contribution in [3.63, 3.8) is 0 Å². The molecule has 0 aliphatic heterocycles. The highest BCUT2D eigenvalue weighted by Gasteiger charge is 2.10. The third-order valence-electron chi connectivity index (χ3n) is 4.04. The maximum Gasteiger partial charge on any atom is 0.113 e. The highest BCUT2D eigenvalue weighted by Crippen LogP contribution is 2.16. The second kappa shape index (κ2) is 7.54. The highest BCUT2D eigenvalue weighted by atomic mass is 79.9. The first-order valence-corrected chi connectivity index (χ1v) is 9.14. The van der Waals surface area contributed by atoms with Crippen LogP contribution < -0.4 is 5.43 Å². The van der Waals surface area contributed by atoms with Crippen LogP contribution in [0.15, 0.2) is 88.4 Å². The van der Waals surface area contributed by atoms with Gasteiger partial charge in [0, 0.05) is 4.47 Å². The molecule has 0 radical (unpaired) electrons. The fourth-order valence-electron chi connectivity index (χ4n) is 2.74. The van der Waals surface area contributed by atoms with Gasteiger partial charge >= 0.3 is 0 Å². The summed E-state index contributed by atoms with van der Waals surface area (Å²) in [5.74, 6) is 0.891. The van der Waals surface area contributed by atoms with Crippen molar-refractivity contribution in [3.05, 3.63) is 94.7 Å². The predicted molar refractivity (Wildman–Crippen MR) is 111 cm³/mol. The first-order chi connectivity index (χ1) is 12.8. The molecule has 0 atom stereocenters. The number of H-pyrrole nitrogens is 1. The number of halogens is 1. The van der Waals surface area contributed by atoms with Crippen molar-refractivity contribution in [2.45, 2.75) is 6.42 Å². The van der Waals surface area contributed by atoms with Gasteiger partial charge in [-0.05, 0) is 42.0 Å². The quantitative estimate of drug-likeness (QED) is 0.346. The van der Waals surface area contributed by atoms with Crippen LogP contribution in [-0.4, -0.2) is 15.7 Å². The second-order valence-corrected chi connectivity index (χ2v) is 6.84. The Morgan fingerprint density at radius 2 is 1.65 bits per heavy atom. The lowest BCUT2D eigenvalue weighted by Crippen LogP contribution is -2.09. The number of nitrogens with one attached hydrogen (secondary N) is 2. The number of nitrogens with zero attached hydrogens (tertiary/aromatic N) is 2. The number of hydrazone groups is 1. The number of fused-ring (bicyclic) bond motifs is 1. The van der Waals surface area contributed by atoms with E-state index in [1.54, 1.807) is 0 Å². The first-order valence-electron chi connectivity index (χ1n) is 8.35. The molecule has 2 N–H and O–H groups in total. The molecule has 4 rings (SSSR count). The summed E-state index contributed by atoms with van der Waals surface area (Å²) >= 11 is 3.49. The minimum Gasteiger partial charge on any atom is -0.342 e. The van der Waals surface area contributed by atoms with Crippen LogP contribution in [0.1, 0.15) is 11.4 Å². The van der Waals surface area contributed by atoms with Crippen LogP contribution in [0.4, 0.5) is 5.69 Å². The molecule has 4 aromatic rings. The van der Waals surface area contributed by atoms with E-state index in [0.29, 0.717) is 6.42 Å². The van der Waals surface area contributed by atoms with Gasteiger partial charge in [0.15, 0.2) is 0 Å². The lowest BCUT2D eigenvalue weighted by Gasteiger charge is -2.07. The molecule has 1 aromatic heterocycles. The van der Waals surface area contributed by atoms with Gasteiger partial charge in [-0.3, -0.25) is 5.43 Å². The van der Waals surface area contributed by atoms with E-state index in [1.165, 1.54) is 0 Å². The lowest BCUT2D eigenvalue weighted by atomic mass is 10.1. The van der Waals surface area contributed by atoms with Crippen LogP contribution in [-0.2, 0) is 6.42 Å². The summed E-state index contributed by atoms with van der Waals surface area (Å²) in [4.78, 5) is 8.05. The first kappa shape index (κ1) is 16.5. The molecule has 3 aromatic carbocycles. The van der Waals surface area contributed by atoms with E-state index in [4.69, 9.17) is 0 Å². The number of para-hydroxylation sites is 3. The molecule has 0 amide bonds. The van der Waals surface area contributed by atoms with Gasteiger partial charge in [0.05, 0.1) is 28.9 Å². The van der Waals surface area contributed by atoms with Gasteiger partial charge in [0.2, 0.25) is 0 Å². The highest BCUT2D eigenvalue weighted by molar-refractivity contribution is 9.10. The van der Waals surface area contributed by atoms with Gasteiger partial charge in [-0.25, -0.2) is 4.98 Å². The van der Waals surface area contributed by atoms with Crippen molar-refractivity contribution in [3.8, 4) is 0 Å². The summed E-state index contributed by atoms with van der Waals surface area (Å²) in [6.07, 6.45) is 0.607. The Kier molecular flexibility index (Phi) is 4.80. The molecule has 0 saturated carbocycles. The minimum absolute atomic E-state index is 0.607. The summed E-state index contributed by atoms with van der Waals surface area (Å²) in [5.41, 5.74) is 8.07. The van der Waals surface area contributed by atoms with E-state index in [0.717, 1.165) is 38.3 Å². The molecule has 128 valence electrons. The topological polar surface area (TPSA) is 53.1 Å². The number of anilines is 1. The molecular formula is C21H17BrN4. The maximum atomic E-state index is 4.68. The zero-order chi connectivity index (χ0) is 17.8. The smallest absolute Gasteiger partial charge is 0.113 e. The Morgan fingerprint density at radius 3 is 2.42 bits per heavy atom. The number of imidazole rings is 1. The lowest BCUT2D eigenvalue weighted by molar-refractivity contribution is 1.09. The van der Waals surface area contributed by atoms with Gasteiger partial charge in [-0.2, -0.15) is 5.10 Å². The zero-order valence-corrected chi connectivity index (χ0v) is 15.6. The Morgan fingerprint density at radius 1 is 0.923 bits per heavy atom. The molecule has 0 bridgehead atoms. The standard InChI is InChI=1S/C21H17BrN4/c22-16-12-10-15(11-13-16)20(26-25-17-6-2-1-3-7-17)14-21-23-18-8-4-5-9-19(18)24-21/h1-13,25H,14H2,(H,23,24)/b26-20-. The normalized spacial score (nSPS) is 11.7. The number of aromatic amines is 1. The summed E-state index contributed by atoms with van der Waals surface area (Å²) in [7, 11) is 0. The van der Waals surface area contributed by atoms with Crippen molar-refractivity contribution in [1.29, 1.82) is 0 Å².